The lowest BCUT2D eigenvalue weighted by Gasteiger charge is -2.19. The minimum atomic E-state index is -0.575. The van der Waals surface area contributed by atoms with Gasteiger partial charge in [0.15, 0.2) is 0 Å². The van der Waals surface area contributed by atoms with Crippen LogP contribution in [-0.4, -0.2) is 28.2 Å². The van der Waals surface area contributed by atoms with Gasteiger partial charge in [0.05, 0.1) is 28.2 Å². The number of Topliss-reactive ketones (excluding diaryl/α,β-unsaturated/α-hetero) is 1. The molecular formula is C25H22N2O4. The van der Waals surface area contributed by atoms with Crippen LogP contribution in [-0.2, 0) is 9.53 Å². The second-order valence-electron chi connectivity index (χ2n) is 8.38. The van der Waals surface area contributed by atoms with Gasteiger partial charge >= 0.3 is 5.97 Å². The maximum absolute atomic E-state index is 12.9. The molecule has 0 fully saturated rings. The molecule has 0 spiro atoms. The number of allylic oxidation sites excluding steroid dienone is 1. The summed E-state index contributed by atoms with van der Waals surface area (Å²) in [5.74, 6) is -0.854. The largest absolute Gasteiger partial charge is 0.456 e. The third-order valence-corrected chi connectivity index (χ3v) is 4.81. The van der Waals surface area contributed by atoms with Crippen molar-refractivity contribution in [3.8, 4) is 0 Å². The van der Waals surface area contributed by atoms with E-state index in [4.69, 9.17) is 4.74 Å². The van der Waals surface area contributed by atoms with Crippen molar-refractivity contribution in [1.29, 1.82) is 0 Å². The summed E-state index contributed by atoms with van der Waals surface area (Å²) in [6.45, 7) is 6.88. The summed E-state index contributed by atoms with van der Waals surface area (Å²) in [5.41, 5.74) is 2.42. The molecule has 6 heteroatoms. The molecule has 0 unspecified atom stereocenters. The Morgan fingerprint density at radius 1 is 1.03 bits per heavy atom. The van der Waals surface area contributed by atoms with Crippen LogP contribution in [0.5, 0.6) is 0 Å². The highest BCUT2D eigenvalue weighted by Gasteiger charge is 2.34. The van der Waals surface area contributed by atoms with E-state index in [1.807, 2.05) is 26.8 Å². The van der Waals surface area contributed by atoms with E-state index in [9.17, 15) is 14.4 Å². The van der Waals surface area contributed by atoms with Crippen LogP contribution in [0.25, 0.3) is 17.0 Å². The molecule has 2 aromatic carbocycles. The first-order valence-electron chi connectivity index (χ1n) is 9.94. The number of fused-ring (bicyclic) bond motifs is 2. The van der Waals surface area contributed by atoms with E-state index < -0.39 is 11.6 Å². The van der Waals surface area contributed by atoms with E-state index in [0.717, 1.165) is 5.39 Å². The summed E-state index contributed by atoms with van der Waals surface area (Å²) in [6.07, 6.45) is 1.62. The zero-order valence-corrected chi connectivity index (χ0v) is 17.8. The standard InChI is InChI=1S/C25H22N2O4/c1-15(28)27-21-8-6-5-7-19(21)23(29)22(27)14-18-11-9-16-13-17(10-12-20(16)26-18)24(30)31-25(2,3)4/h5-14H,1-4H3/b22-14-. The predicted octanol–water partition coefficient (Wildman–Crippen LogP) is 4.78. The number of ketones is 1. The fraction of sp³-hybridized carbons (Fsp3) is 0.200. The number of aromatic nitrogens is 1. The maximum atomic E-state index is 12.9. The molecule has 0 radical (unpaired) electrons. The fourth-order valence-electron chi connectivity index (χ4n) is 3.53. The first-order chi connectivity index (χ1) is 14.6. The van der Waals surface area contributed by atoms with Crippen LogP contribution < -0.4 is 4.90 Å². The molecule has 0 N–H and O–H groups in total. The number of carbonyl (C=O) groups excluding carboxylic acids is 3. The molecule has 3 aromatic rings. The zero-order valence-electron chi connectivity index (χ0n) is 17.8. The summed E-state index contributed by atoms with van der Waals surface area (Å²) >= 11 is 0. The van der Waals surface area contributed by atoms with Gasteiger partial charge in [-0.25, -0.2) is 9.78 Å². The fourth-order valence-corrected chi connectivity index (χ4v) is 3.53. The number of rotatable bonds is 2. The molecule has 1 aliphatic rings. The lowest BCUT2D eigenvalue weighted by Crippen LogP contribution is -2.25. The number of nitrogens with zero attached hydrogens (tertiary/aromatic N) is 2. The van der Waals surface area contributed by atoms with Gasteiger partial charge in [-0.2, -0.15) is 0 Å². The molecule has 0 bridgehead atoms. The first-order valence-corrected chi connectivity index (χ1v) is 9.94. The lowest BCUT2D eigenvalue weighted by atomic mass is 10.1. The van der Waals surface area contributed by atoms with Gasteiger partial charge in [0.25, 0.3) is 0 Å². The smallest absolute Gasteiger partial charge is 0.338 e. The van der Waals surface area contributed by atoms with Crippen molar-refractivity contribution in [2.24, 2.45) is 0 Å². The van der Waals surface area contributed by atoms with Crippen LogP contribution in [0.15, 0.2) is 60.3 Å². The van der Waals surface area contributed by atoms with Crippen molar-refractivity contribution >= 4 is 40.3 Å². The third-order valence-electron chi connectivity index (χ3n) is 4.81. The normalized spacial score (nSPS) is 14.8. The molecule has 0 aliphatic carbocycles. The van der Waals surface area contributed by atoms with E-state index >= 15 is 0 Å². The zero-order chi connectivity index (χ0) is 22.3. The van der Waals surface area contributed by atoms with Crippen molar-refractivity contribution < 1.29 is 19.1 Å². The van der Waals surface area contributed by atoms with Crippen LogP contribution in [0.2, 0.25) is 0 Å². The number of ether oxygens (including phenoxy) is 1. The summed E-state index contributed by atoms with van der Waals surface area (Å²) in [7, 11) is 0. The number of carbonyl (C=O) groups is 3. The van der Waals surface area contributed by atoms with E-state index in [0.29, 0.717) is 28.0 Å². The number of hydrogen-bond donors (Lipinski definition) is 0. The molecular weight excluding hydrogens is 392 g/mol. The Balaban J connectivity index is 1.70. The highest BCUT2D eigenvalue weighted by atomic mass is 16.6. The maximum Gasteiger partial charge on any atom is 0.338 e. The van der Waals surface area contributed by atoms with Crippen molar-refractivity contribution in [2.75, 3.05) is 4.90 Å². The van der Waals surface area contributed by atoms with Crippen molar-refractivity contribution in [3.05, 3.63) is 77.1 Å². The van der Waals surface area contributed by atoms with Gasteiger partial charge < -0.3 is 4.74 Å². The summed E-state index contributed by atoms with van der Waals surface area (Å²) in [6, 6.07) is 15.7. The molecule has 2 heterocycles. The number of esters is 1. The third kappa shape index (κ3) is 3.97. The van der Waals surface area contributed by atoms with E-state index in [1.54, 1.807) is 54.6 Å². The summed E-state index contributed by atoms with van der Waals surface area (Å²) < 4.78 is 5.42. The summed E-state index contributed by atoms with van der Waals surface area (Å²) in [5, 5.41) is 0.773. The van der Waals surface area contributed by atoms with Crippen molar-refractivity contribution in [2.45, 2.75) is 33.3 Å². The molecule has 4 rings (SSSR count). The highest BCUT2D eigenvalue weighted by molar-refractivity contribution is 6.26. The topological polar surface area (TPSA) is 76.6 Å². The Kier molecular flexibility index (Phi) is 4.93. The van der Waals surface area contributed by atoms with Gasteiger partial charge in [0.1, 0.15) is 5.60 Å². The molecule has 6 nitrogen and oxygen atoms in total. The van der Waals surface area contributed by atoms with Gasteiger partial charge in [-0.05, 0) is 63.2 Å². The minimum Gasteiger partial charge on any atom is -0.456 e. The monoisotopic (exact) mass is 414 g/mol. The first kappa shape index (κ1) is 20.5. The van der Waals surface area contributed by atoms with Crippen molar-refractivity contribution in [1.82, 2.24) is 4.98 Å². The van der Waals surface area contributed by atoms with Crippen LogP contribution >= 0.6 is 0 Å². The molecule has 31 heavy (non-hydrogen) atoms. The predicted molar refractivity (Wildman–Crippen MR) is 119 cm³/mol. The molecule has 1 aromatic heterocycles. The Morgan fingerprint density at radius 3 is 2.48 bits per heavy atom. The van der Waals surface area contributed by atoms with Crippen LogP contribution in [0.4, 0.5) is 5.69 Å². The van der Waals surface area contributed by atoms with Gasteiger partial charge in [-0.1, -0.05) is 18.2 Å². The van der Waals surface area contributed by atoms with Gasteiger partial charge in [-0.15, -0.1) is 0 Å². The number of pyridine rings is 1. The molecule has 0 saturated heterocycles. The quantitative estimate of drug-likeness (QED) is 0.446. The second kappa shape index (κ2) is 7.47. The number of hydrogen-bond acceptors (Lipinski definition) is 5. The van der Waals surface area contributed by atoms with Crippen molar-refractivity contribution in [3.63, 3.8) is 0 Å². The Bertz CT molecular complexity index is 1270. The molecule has 0 atom stereocenters. The van der Waals surface area contributed by atoms with Crippen LogP contribution in [0, 0.1) is 0 Å². The number of benzene rings is 2. The lowest BCUT2D eigenvalue weighted by molar-refractivity contribution is -0.116. The molecule has 0 saturated carbocycles. The molecule has 1 aliphatic heterocycles. The molecule has 1 amide bonds. The van der Waals surface area contributed by atoms with Crippen LogP contribution in [0.3, 0.4) is 0 Å². The number of para-hydroxylation sites is 1. The number of amides is 1. The van der Waals surface area contributed by atoms with Gasteiger partial charge in [0, 0.05) is 17.9 Å². The van der Waals surface area contributed by atoms with Gasteiger partial charge in [0.2, 0.25) is 11.7 Å². The van der Waals surface area contributed by atoms with Crippen LogP contribution in [0.1, 0.15) is 54.1 Å². The van der Waals surface area contributed by atoms with E-state index in [2.05, 4.69) is 4.98 Å². The van der Waals surface area contributed by atoms with Gasteiger partial charge in [-0.3, -0.25) is 14.5 Å². The SMILES string of the molecule is CC(=O)N1/C(=C\c2ccc3cc(C(=O)OC(C)(C)C)ccc3n2)C(=O)c2ccccc21. The Morgan fingerprint density at radius 2 is 1.77 bits per heavy atom. The van der Waals surface area contributed by atoms with E-state index in [-0.39, 0.29) is 17.4 Å². The van der Waals surface area contributed by atoms with E-state index in [1.165, 1.54) is 11.8 Å². The second-order valence-corrected chi connectivity index (χ2v) is 8.38. The summed E-state index contributed by atoms with van der Waals surface area (Å²) in [4.78, 5) is 43.4. The Hall–Kier alpha value is -3.80. The average molecular weight is 414 g/mol. The highest BCUT2D eigenvalue weighted by Crippen LogP contribution is 2.35. The number of anilines is 1. The minimum absolute atomic E-state index is 0.215. The average Bonchev–Trinajstić information content (AvgIpc) is 2.98. The Labute approximate surface area is 180 Å². The molecule has 156 valence electrons.